The molecule has 0 aliphatic carbocycles. The second-order valence-corrected chi connectivity index (χ2v) is 14.0. The quantitative estimate of drug-likeness (QED) is 0.297. The highest BCUT2D eigenvalue weighted by molar-refractivity contribution is 9.10. The van der Waals surface area contributed by atoms with Gasteiger partial charge in [0.2, 0.25) is 11.8 Å². The number of nitrogens with zero attached hydrogens (tertiary/aromatic N) is 2. The van der Waals surface area contributed by atoms with E-state index in [1.807, 2.05) is 58.9 Å². The molecule has 0 aromatic heterocycles. The van der Waals surface area contributed by atoms with E-state index in [-0.39, 0.29) is 23.0 Å². The van der Waals surface area contributed by atoms with Crippen molar-refractivity contribution in [1.82, 2.24) is 10.2 Å². The molecule has 0 heterocycles. The third-order valence-electron chi connectivity index (χ3n) is 6.24. The van der Waals surface area contributed by atoms with Gasteiger partial charge in [0.1, 0.15) is 12.6 Å². The fourth-order valence-corrected chi connectivity index (χ4v) is 6.02. The average Bonchev–Trinajstić information content (AvgIpc) is 2.86. The monoisotopic (exact) mass is 647 g/mol. The molecule has 40 heavy (non-hydrogen) atoms. The van der Waals surface area contributed by atoms with Crippen molar-refractivity contribution in [3.8, 4) is 0 Å². The highest BCUT2D eigenvalue weighted by Crippen LogP contribution is 2.29. The van der Waals surface area contributed by atoms with E-state index in [2.05, 4.69) is 21.2 Å². The number of halogens is 2. The number of hydrogen-bond donors (Lipinski definition) is 1. The molecule has 10 heteroatoms. The number of carbonyl (C=O) groups is 2. The summed E-state index contributed by atoms with van der Waals surface area (Å²) < 4.78 is 29.7. The van der Waals surface area contributed by atoms with Crippen LogP contribution in [0, 0.1) is 13.8 Å². The van der Waals surface area contributed by atoms with Crippen molar-refractivity contribution in [2.24, 2.45) is 0 Å². The Bertz CT molecular complexity index is 1490. The van der Waals surface area contributed by atoms with Crippen LogP contribution < -0.4 is 9.62 Å². The van der Waals surface area contributed by atoms with Crippen molar-refractivity contribution in [2.75, 3.05) is 10.8 Å². The second-order valence-electron chi connectivity index (χ2n) is 10.8. The zero-order valence-corrected chi connectivity index (χ0v) is 26.7. The van der Waals surface area contributed by atoms with Crippen LogP contribution in [0.2, 0.25) is 5.02 Å². The first kappa shape index (κ1) is 31.6. The first-order chi connectivity index (χ1) is 18.6. The van der Waals surface area contributed by atoms with Crippen LogP contribution in [0.5, 0.6) is 0 Å². The van der Waals surface area contributed by atoms with Crippen LogP contribution >= 0.6 is 27.5 Å². The predicted molar refractivity (Wildman–Crippen MR) is 164 cm³/mol. The molecular weight excluding hydrogens is 614 g/mol. The first-order valence-corrected chi connectivity index (χ1v) is 15.4. The van der Waals surface area contributed by atoms with Crippen LogP contribution in [0.15, 0.2) is 76.1 Å². The molecule has 1 atom stereocenters. The maximum absolute atomic E-state index is 14.0. The minimum Gasteiger partial charge on any atom is -0.350 e. The van der Waals surface area contributed by atoms with E-state index in [1.165, 1.54) is 23.1 Å². The molecule has 0 bridgehead atoms. The molecule has 0 aliphatic rings. The summed E-state index contributed by atoms with van der Waals surface area (Å²) in [5.74, 6) is -0.883. The highest BCUT2D eigenvalue weighted by atomic mass is 79.9. The number of nitrogens with one attached hydrogen (secondary N) is 1. The normalized spacial score (nSPS) is 12.5. The number of aryl methyl sites for hydroxylation is 2. The van der Waals surface area contributed by atoms with E-state index >= 15 is 0 Å². The highest BCUT2D eigenvalue weighted by Gasteiger charge is 2.33. The Hall–Kier alpha value is -2.88. The molecule has 1 N–H and O–H groups in total. The van der Waals surface area contributed by atoms with E-state index in [4.69, 9.17) is 11.6 Å². The SMILES string of the molecule is Cc1ccc(S(=O)(=O)N(CC(=O)N(Cc2cccc(Br)c2)[C@H](C)C(=O)NC(C)(C)C)c2ccc(C)c(Cl)c2)cc1. The topological polar surface area (TPSA) is 86.8 Å². The summed E-state index contributed by atoms with van der Waals surface area (Å²) in [6.45, 7) is 10.4. The van der Waals surface area contributed by atoms with Crippen LogP contribution in [-0.2, 0) is 26.2 Å². The Labute approximate surface area is 250 Å². The van der Waals surface area contributed by atoms with Crippen molar-refractivity contribution in [2.45, 2.75) is 64.6 Å². The molecule has 0 fully saturated rings. The summed E-state index contributed by atoms with van der Waals surface area (Å²) in [4.78, 5) is 28.6. The number of sulfonamides is 1. The number of hydrogen-bond acceptors (Lipinski definition) is 4. The molecule has 0 unspecified atom stereocenters. The smallest absolute Gasteiger partial charge is 0.264 e. The van der Waals surface area contributed by atoms with Gasteiger partial charge in [-0.25, -0.2) is 8.42 Å². The van der Waals surface area contributed by atoms with Crippen molar-refractivity contribution < 1.29 is 18.0 Å². The molecule has 0 radical (unpaired) electrons. The molecule has 3 aromatic rings. The molecule has 3 aromatic carbocycles. The Balaban J connectivity index is 2.07. The molecule has 7 nitrogen and oxygen atoms in total. The van der Waals surface area contributed by atoms with Gasteiger partial charge in [0, 0.05) is 21.6 Å². The third kappa shape index (κ3) is 8.08. The van der Waals surface area contributed by atoms with Gasteiger partial charge in [-0.1, -0.05) is 63.4 Å². The predicted octanol–water partition coefficient (Wildman–Crippen LogP) is 6.25. The number of carbonyl (C=O) groups excluding carboxylic acids is 2. The summed E-state index contributed by atoms with van der Waals surface area (Å²) in [5, 5.41) is 3.29. The lowest BCUT2D eigenvalue weighted by molar-refractivity contribution is -0.140. The molecule has 0 spiro atoms. The molecule has 0 aliphatic heterocycles. The van der Waals surface area contributed by atoms with Gasteiger partial charge < -0.3 is 10.2 Å². The summed E-state index contributed by atoms with van der Waals surface area (Å²) in [7, 11) is -4.16. The van der Waals surface area contributed by atoms with Crippen molar-refractivity contribution >= 4 is 55.1 Å². The molecule has 0 saturated carbocycles. The molecular formula is C30H35BrClN3O4S. The minimum absolute atomic E-state index is 0.0414. The number of benzene rings is 3. The van der Waals surface area contributed by atoms with Gasteiger partial charge in [-0.15, -0.1) is 0 Å². The lowest BCUT2D eigenvalue weighted by atomic mass is 10.1. The van der Waals surface area contributed by atoms with Gasteiger partial charge in [0.15, 0.2) is 0 Å². The summed E-state index contributed by atoms with van der Waals surface area (Å²) in [5.41, 5.74) is 2.19. The largest absolute Gasteiger partial charge is 0.350 e. The van der Waals surface area contributed by atoms with Gasteiger partial charge in [-0.05, 0) is 89.1 Å². The average molecular weight is 649 g/mol. The molecule has 2 amide bonds. The summed E-state index contributed by atoms with van der Waals surface area (Å²) >= 11 is 9.83. The van der Waals surface area contributed by atoms with E-state index in [9.17, 15) is 18.0 Å². The van der Waals surface area contributed by atoms with Crippen LogP contribution in [0.4, 0.5) is 5.69 Å². The standard InChI is InChI=1S/C30H35BrClN3O4S/c1-20-10-14-26(15-11-20)40(38,39)35(25-13-12-21(2)27(32)17-25)19-28(36)34(18-23-8-7-9-24(31)16-23)22(3)29(37)33-30(4,5)6/h7-17,22H,18-19H2,1-6H3,(H,33,37)/t22-/m1/s1. The zero-order chi connectivity index (χ0) is 29.8. The minimum atomic E-state index is -4.16. The van der Waals surface area contributed by atoms with Gasteiger partial charge in [0.25, 0.3) is 10.0 Å². The summed E-state index contributed by atoms with van der Waals surface area (Å²) in [6.07, 6.45) is 0. The van der Waals surface area contributed by atoms with Gasteiger partial charge >= 0.3 is 0 Å². The van der Waals surface area contributed by atoms with Gasteiger partial charge in [0.05, 0.1) is 10.6 Å². The van der Waals surface area contributed by atoms with E-state index < -0.39 is 34.1 Å². The van der Waals surface area contributed by atoms with E-state index in [0.29, 0.717) is 5.02 Å². The number of amides is 2. The van der Waals surface area contributed by atoms with Crippen LogP contribution in [0.1, 0.15) is 44.4 Å². The van der Waals surface area contributed by atoms with Gasteiger partial charge in [-0.3, -0.25) is 13.9 Å². The van der Waals surface area contributed by atoms with Gasteiger partial charge in [-0.2, -0.15) is 0 Å². The van der Waals surface area contributed by atoms with Crippen LogP contribution in [-0.4, -0.2) is 43.3 Å². The van der Waals surface area contributed by atoms with E-state index in [1.54, 1.807) is 31.2 Å². The van der Waals surface area contributed by atoms with Crippen molar-refractivity contribution in [3.63, 3.8) is 0 Å². The zero-order valence-electron chi connectivity index (χ0n) is 23.5. The van der Waals surface area contributed by atoms with Crippen LogP contribution in [0.25, 0.3) is 0 Å². The number of rotatable bonds is 9. The number of anilines is 1. The Morgan fingerprint density at radius 1 is 1.00 bits per heavy atom. The lowest BCUT2D eigenvalue weighted by Gasteiger charge is -2.33. The molecule has 214 valence electrons. The Morgan fingerprint density at radius 3 is 2.23 bits per heavy atom. The van der Waals surface area contributed by atoms with Crippen molar-refractivity contribution in [3.05, 3.63) is 92.9 Å². The lowest BCUT2D eigenvalue weighted by Crippen LogP contribution is -2.54. The maximum atomic E-state index is 14.0. The maximum Gasteiger partial charge on any atom is 0.264 e. The fraction of sp³-hybridized carbons (Fsp3) is 0.333. The molecule has 3 rings (SSSR count). The summed E-state index contributed by atoms with van der Waals surface area (Å²) in [6, 6.07) is 17.8. The van der Waals surface area contributed by atoms with Crippen molar-refractivity contribution in [1.29, 1.82) is 0 Å². The first-order valence-electron chi connectivity index (χ1n) is 12.8. The molecule has 0 saturated heterocycles. The van der Waals surface area contributed by atoms with E-state index in [0.717, 1.165) is 25.5 Å². The van der Waals surface area contributed by atoms with Crippen LogP contribution in [0.3, 0.4) is 0 Å². The third-order valence-corrected chi connectivity index (χ3v) is 8.93. The Kier molecular flexibility index (Phi) is 10.1. The second kappa shape index (κ2) is 12.7. The Morgan fingerprint density at radius 2 is 1.65 bits per heavy atom. The fourth-order valence-electron chi connectivity index (χ4n) is 3.99.